The Hall–Kier alpha value is -2.96. The van der Waals surface area contributed by atoms with Crippen molar-refractivity contribution in [3.8, 4) is 11.1 Å². The number of anilines is 2. The van der Waals surface area contributed by atoms with E-state index in [0.717, 1.165) is 33.3 Å². The lowest BCUT2D eigenvalue weighted by Crippen LogP contribution is -2.20. The Morgan fingerprint density at radius 1 is 1.00 bits per heavy atom. The van der Waals surface area contributed by atoms with Crippen molar-refractivity contribution in [3.63, 3.8) is 0 Å². The van der Waals surface area contributed by atoms with Crippen molar-refractivity contribution in [2.75, 3.05) is 10.6 Å². The maximum Gasteiger partial charge on any atom is 0.324 e. The summed E-state index contributed by atoms with van der Waals surface area (Å²) in [6, 6.07) is 16.0. The van der Waals surface area contributed by atoms with Crippen molar-refractivity contribution in [2.45, 2.75) is 19.8 Å². The van der Waals surface area contributed by atoms with Gasteiger partial charge in [0.05, 0.1) is 5.69 Å². The van der Waals surface area contributed by atoms with Gasteiger partial charge in [0.25, 0.3) is 0 Å². The number of thiophene rings is 1. The van der Waals surface area contributed by atoms with Crippen LogP contribution in [0.25, 0.3) is 21.2 Å². The van der Waals surface area contributed by atoms with Crippen molar-refractivity contribution in [1.29, 1.82) is 0 Å². The van der Waals surface area contributed by atoms with Gasteiger partial charge in [0.15, 0.2) is 0 Å². The van der Waals surface area contributed by atoms with E-state index >= 15 is 0 Å². The maximum absolute atomic E-state index is 13.9. The Balaban J connectivity index is 1.77. The summed E-state index contributed by atoms with van der Waals surface area (Å²) in [6.45, 7) is 4.24. The smallest absolute Gasteiger partial charge is 0.305 e. The molecule has 4 rings (SSSR count). The van der Waals surface area contributed by atoms with Crippen LogP contribution in [0, 0.1) is 11.6 Å². The summed E-state index contributed by atoms with van der Waals surface area (Å²) in [5.41, 5.74) is 2.66. The van der Waals surface area contributed by atoms with E-state index in [1.807, 2.05) is 24.3 Å². The molecule has 3 aromatic carbocycles. The molecule has 0 fully saturated rings. The van der Waals surface area contributed by atoms with Crippen molar-refractivity contribution in [3.05, 3.63) is 82.9 Å². The fourth-order valence-corrected chi connectivity index (χ4v) is 4.66. The van der Waals surface area contributed by atoms with Gasteiger partial charge < -0.3 is 5.32 Å². The van der Waals surface area contributed by atoms with Crippen LogP contribution in [0.15, 0.2) is 60.7 Å². The standard InChI is InChI=1S/C24H19ClF2N2OS/c1-13(2)14-7-10-21-17(11-14)22(16-5-3-4-6-18(16)25)23(31-21)29-24(30)28-20-9-8-15(26)12-19(20)27/h3-13H,1-2H3,(H2,28,29,30). The molecule has 1 aromatic heterocycles. The molecule has 0 spiro atoms. The van der Waals surface area contributed by atoms with Gasteiger partial charge in [0.1, 0.15) is 16.6 Å². The first-order valence-electron chi connectivity index (χ1n) is 9.68. The second-order valence-electron chi connectivity index (χ2n) is 7.40. The number of benzene rings is 3. The number of fused-ring (bicyclic) bond motifs is 1. The number of carbonyl (C=O) groups excluding carboxylic acids is 1. The molecule has 0 atom stereocenters. The summed E-state index contributed by atoms with van der Waals surface area (Å²) in [4.78, 5) is 12.6. The summed E-state index contributed by atoms with van der Waals surface area (Å²) in [5, 5.41) is 7.38. The van der Waals surface area contributed by atoms with Crippen LogP contribution in [-0.4, -0.2) is 6.03 Å². The summed E-state index contributed by atoms with van der Waals surface area (Å²) in [7, 11) is 0. The molecule has 0 aliphatic rings. The first-order chi connectivity index (χ1) is 14.8. The molecule has 2 N–H and O–H groups in total. The van der Waals surface area contributed by atoms with E-state index in [2.05, 4.69) is 36.6 Å². The van der Waals surface area contributed by atoms with Gasteiger partial charge >= 0.3 is 6.03 Å². The normalized spacial score (nSPS) is 11.2. The molecule has 0 unspecified atom stereocenters. The molecule has 0 aliphatic heterocycles. The minimum Gasteiger partial charge on any atom is -0.305 e. The van der Waals surface area contributed by atoms with Gasteiger partial charge in [0, 0.05) is 32.3 Å². The number of amides is 2. The lowest BCUT2D eigenvalue weighted by molar-refractivity contribution is 0.262. The van der Waals surface area contributed by atoms with E-state index in [1.165, 1.54) is 23.0 Å². The molecule has 1 heterocycles. The van der Waals surface area contributed by atoms with E-state index < -0.39 is 17.7 Å². The monoisotopic (exact) mass is 456 g/mol. The van der Waals surface area contributed by atoms with Crippen LogP contribution in [0.4, 0.5) is 24.3 Å². The van der Waals surface area contributed by atoms with Gasteiger partial charge in [-0.15, -0.1) is 11.3 Å². The number of halogens is 3. The Morgan fingerprint density at radius 2 is 1.77 bits per heavy atom. The fourth-order valence-electron chi connectivity index (χ4n) is 3.34. The number of rotatable bonds is 4. The van der Waals surface area contributed by atoms with Gasteiger partial charge in [-0.2, -0.15) is 0 Å². The first kappa shape index (κ1) is 21.3. The van der Waals surface area contributed by atoms with Gasteiger partial charge in [0.2, 0.25) is 0 Å². The maximum atomic E-state index is 13.9. The molecule has 2 amide bonds. The Kier molecular flexibility index (Phi) is 5.94. The molecule has 0 saturated heterocycles. The number of hydrogen-bond donors (Lipinski definition) is 2. The minimum absolute atomic E-state index is 0.110. The van der Waals surface area contributed by atoms with Crippen LogP contribution in [0.2, 0.25) is 5.02 Å². The van der Waals surface area contributed by atoms with E-state index in [1.54, 1.807) is 6.07 Å². The molecule has 0 bridgehead atoms. The highest BCUT2D eigenvalue weighted by Gasteiger charge is 2.19. The number of hydrogen-bond acceptors (Lipinski definition) is 2. The van der Waals surface area contributed by atoms with Crippen molar-refractivity contribution in [2.24, 2.45) is 0 Å². The van der Waals surface area contributed by atoms with E-state index in [4.69, 9.17) is 11.6 Å². The van der Waals surface area contributed by atoms with E-state index in [9.17, 15) is 13.6 Å². The van der Waals surface area contributed by atoms with Crippen molar-refractivity contribution in [1.82, 2.24) is 0 Å². The zero-order chi connectivity index (χ0) is 22.1. The number of carbonyl (C=O) groups is 1. The van der Waals surface area contributed by atoms with Gasteiger partial charge in [-0.3, -0.25) is 5.32 Å². The summed E-state index contributed by atoms with van der Waals surface area (Å²) >= 11 is 7.89. The zero-order valence-electron chi connectivity index (χ0n) is 16.8. The molecule has 158 valence electrons. The van der Waals surface area contributed by atoms with Gasteiger partial charge in [-0.1, -0.05) is 49.7 Å². The van der Waals surface area contributed by atoms with Crippen molar-refractivity contribution >= 4 is 49.7 Å². The van der Waals surface area contributed by atoms with E-state index in [0.29, 0.717) is 15.9 Å². The molecule has 0 radical (unpaired) electrons. The highest BCUT2D eigenvalue weighted by atomic mass is 35.5. The van der Waals surface area contributed by atoms with Crippen LogP contribution in [0.5, 0.6) is 0 Å². The highest BCUT2D eigenvalue weighted by Crippen LogP contribution is 2.45. The molecule has 4 aromatic rings. The Labute approximate surface area is 187 Å². The van der Waals surface area contributed by atoms with Crippen molar-refractivity contribution < 1.29 is 13.6 Å². The third kappa shape index (κ3) is 4.40. The van der Waals surface area contributed by atoms with Gasteiger partial charge in [-0.05, 0) is 41.8 Å². The molecule has 0 aliphatic carbocycles. The topological polar surface area (TPSA) is 41.1 Å². The average molecular weight is 457 g/mol. The first-order valence-corrected chi connectivity index (χ1v) is 10.9. The Bertz CT molecular complexity index is 1290. The Morgan fingerprint density at radius 3 is 2.48 bits per heavy atom. The third-order valence-corrected chi connectivity index (χ3v) is 6.34. The second kappa shape index (κ2) is 8.65. The molecule has 3 nitrogen and oxygen atoms in total. The lowest BCUT2D eigenvalue weighted by atomic mass is 9.98. The van der Waals surface area contributed by atoms with Crippen LogP contribution in [0.1, 0.15) is 25.3 Å². The zero-order valence-corrected chi connectivity index (χ0v) is 18.4. The average Bonchev–Trinajstić information content (AvgIpc) is 3.07. The molecular weight excluding hydrogens is 438 g/mol. The van der Waals surface area contributed by atoms with Gasteiger partial charge in [-0.25, -0.2) is 13.6 Å². The molecular formula is C24H19ClF2N2OS. The SMILES string of the molecule is CC(C)c1ccc2sc(NC(=O)Nc3ccc(F)cc3F)c(-c3ccccc3Cl)c2c1. The van der Waals surface area contributed by atoms with Crippen LogP contribution < -0.4 is 10.6 Å². The summed E-state index contributed by atoms with van der Waals surface area (Å²) < 4.78 is 28.1. The molecule has 0 saturated carbocycles. The third-order valence-electron chi connectivity index (χ3n) is 4.93. The summed E-state index contributed by atoms with van der Waals surface area (Å²) in [5.74, 6) is -1.22. The van der Waals surface area contributed by atoms with Crippen LogP contribution >= 0.6 is 22.9 Å². The number of urea groups is 1. The minimum atomic E-state index is -0.848. The molecule has 7 heteroatoms. The number of nitrogens with one attached hydrogen (secondary N) is 2. The second-order valence-corrected chi connectivity index (χ2v) is 8.86. The van der Waals surface area contributed by atoms with Crippen LogP contribution in [0.3, 0.4) is 0 Å². The fraction of sp³-hybridized carbons (Fsp3) is 0.125. The van der Waals surface area contributed by atoms with Crippen LogP contribution in [-0.2, 0) is 0 Å². The van der Waals surface area contributed by atoms with E-state index in [-0.39, 0.29) is 5.69 Å². The summed E-state index contributed by atoms with van der Waals surface area (Å²) in [6.07, 6.45) is 0. The molecule has 31 heavy (non-hydrogen) atoms. The lowest BCUT2D eigenvalue weighted by Gasteiger charge is -2.11. The largest absolute Gasteiger partial charge is 0.324 e. The predicted molar refractivity (Wildman–Crippen MR) is 125 cm³/mol. The highest BCUT2D eigenvalue weighted by molar-refractivity contribution is 7.23. The quantitative estimate of drug-likeness (QED) is 0.318. The predicted octanol–water partition coefficient (Wildman–Crippen LogP) is 8.27.